The van der Waals surface area contributed by atoms with E-state index in [4.69, 9.17) is 10.5 Å². The molecule has 1 aromatic heterocycles. The normalized spacial score (nSPS) is 16.9. The number of nitrogens with two attached hydrogens (primary N) is 1. The second-order valence-electron chi connectivity index (χ2n) is 8.33. The highest BCUT2D eigenvalue weighted by molar-refractivity contribution is 5.72. The SMILES string of the molecule is CCOC(=O)CCN1CCCC(Nc2nnc(-c3c(C)cc(C(F)(F)F)cc3O)cc2CN)C1. The van der Waals surface area contributed by atoms with Crippen LogP contribution in [0.1, 0.15) is 42.9 Å². The van der Waals surface area contributed by atoms with Crippen molar-refractivity contribution in [2.75, 3.05) is 31.6 Å². The summed E-state index contributed by atoms with van der Waals surface area (Å²) in [6.45, 7) is 5.96. The summed E-state index contributed by atoms with van der Waals surface area (Å²) < 4.78 is 44.1. The van der Waals surface area contributed by atoms with Crippen molar-refractivity contribution in [3.8, 4) is 17.0 Å². The molecule has 1 fully saturated rings. The van der Waals surface area contributed by atoms with Crippen LogP contribution < -0.4 is 11.1 Å². The number of benzene rings is 1. The van der Waals surface area contributed by atoms with Gasteiger partial charge in [0.1, 0.15) is 5.75 Å². The van der Waals surface area contributed by atoms with Crippen molar-refractivity contribution in [3.63, 3.8) is 0 Å². The predicted octanol–water partition coefficient (Wildman–Crippen LogP) is 3.46. The lowest BCUT2D eigenvalue weighted by Crippen LogP contribution is -2.43. The first-order chi connectivity index (χ1) is 16.1. The number of carbonyl (C=O) groups excluding carboxylic acids is 1. The lowest BCUT2D eigenvalue weighted by Gasteiger charge is -2.33. The van der Waals surface area contributed by atoms with Gasteiger partial charge in [0.05, 0.1) is 24.3 Å². The fourth-order valence-electron chi connectivity index (χ4n) is 4.15. The van der Waals surface area contributed by atoms with E-state index in [0.717, 1.165) is 25.5 Å². The molecule has 1 aromatic carbocycles. The quantitative estimate of drug-likeness (QED) is 0.492. The molecular formula is C23H30F3N5O3. The predicted molar refractivity (Wildman–Crippen MR) is 121 cm³/mol. The Balaban J connectivity index is 1.74. The third kappa shape index (κ3) is 6.35. The van der Waals surface area contributed by atoms with Gasteiger partial charge in [0.15, 0.2) is 5.82 Å². The zero-order valence-corrected chi connectivity index (χ0v) is 19.3. The second kappa shape index (κ2) is 11.0. The number of phenols is 1. The van der Waals surface area contributed by atoms with Crippen molar-refractivity contribution in [1.29, 1.82) is 0 Å². The largest absolute Gasteiger partial charge is 0.507 e. The Morgan fingerprint density at radius 1 is 1.32 bits per heavy atom. The summed E-state index contributed by atoms with van der Waals surface area (Å²) in [7, 11) is 0. The molecule has 0 amide bonds. The second-order valence-corrected chi connectivity index (χ2v) is 8.33. The van der Waals surface area contributed by atoms with Crippen LogP contribution >= 0.6 is 0 Å². The van der Waals surface area contributed by atoms with Gasteiger partial charge in [-0.2, -0.15) is 13.2 Å². The topological polar surface area (TPSA) is 114 Å². The lowest BCUT2D eigenvalue weighted by molar-refractivity contribution is -0.143. The van der Waals surface area contributed by atoms with Gasteiger partial charge in [-0.25, -0.2) is 0 Å². The van der Waals surface area contributed by atoms with E-state index in [2.05, 4.69) is 20.4 Å². The summed E-state index contributed by atoms with van der Waals surface area (Å²) in [5, 5.41) is 22.0. The number of esters is 1. The highest BCUT2D eigenvalue weighted by Gasteiger charge is 2.32. The number of hydrogen-bond acceptors (Lipinski definition) is 8. The number of piperidine rings is 1. The number of likely N-dealkylation sites (tertiary alicyclic amines) is 1. The summed E-state index contributed by atoms with van der Waals surface area (Å²) in [6.07, 6.45) is -2.38. The minimum absolute atomic E-state index is 0.0719. The average Bonchev–Trinajstić information content (AvgIpc) is 2.78. The van der Waals surface area contributed by atoms with E-state index in [1.54, 1.807) is 13.0 Å². The van der Waals surface area contributed by atoms with Gasteiger partial charge >= 0.3 is 12.1 Å². The van der Waals surface area contributed by atoms with Crippen LogP contribution in [0.25, 0.3) is 11.3 Å². The van der Waals surface area contributed by atoms with E-state index in [9.17, 15) is 23.1 Å². The smallest absolute Gasteiger partial charge is 0.416 e. The number of aromatic nitrogens is 2. The van der Waals surface area contributed by atoms with Gasteiger partial charge in [0, 0.05) is 36.8 Å². The van der Waals surface area contributed by atoms with Crippen molar-refractivity contribution < 1.29 is 27.8 Å². The third-order valence-corrected chi connectivity index (χ3v) is 5.77. The van der Waals surface area contributed by atoms with E-state index in [-0.39, 0.29) is 35.4 Å². The number of rotatable bonds is 8. The van der Waals surface area contributed by atoms with Gasteiger partial charge in [-0.15, -0.1) is 10.2 Å². The van der Waals surface area contributed by atoms with Crippen LogP contribution in [0.4, 0.5) is 19.0 Å². The summed E-state index contributed by atoms with van der Waals surface area (Å²) >= 11 is 0. The Labute approximate surface area is 196 Å². The maximum absolute atomic E-state index is 13.0. The van der Waals surface area contributed by atoms with Crippen LogP contribution in [0.5, 0.6) is 5.75 Å². The Kier molecular flexibility index (Phi) is 8.32. The first-order valence-electron chi connectivity index (χ1n) is 11.2. The molecule has 1 aliphatic rings. The van der Waals surface area contributed by atoms with E-state index in [1.807, 2.05) is 0 Å². The Bertz CT molecular complexity index is 993. The maximum Gasteiger partial charge on any atom is 0.416 e. The highest BCUT2D eigenvalue weighted by Crippen LogP contribution is 2.38. The van der Waals surface area contributed by atoms with Gasteiger partial charge in [-0.05, 0) is 57.0 Å². The summed E-state index contributed by atoms with van der Waals surface area (Å²) in [5.74, 6) is -0.242. The van der Waals surface area contributed by atoms with Gasteiger partial charge in [0.2, 0.25) is 0 Å². The average molecular weight is 482 g/mol. The summed E-state index contributed by atoms with van der Waals surface area (Å²) in [4.78, 5) is 13.8. The number of ether oxygens (including phenoxy) is 1. The molecule has 0 spiro atoms. The van der Waals surface area contributed by atoms with Crippen LogP contribution in [0.3, 0.4) is 0 Å². The maximum atomic E-state index is 13.0. The van der Waals surface area contributed by atoms with Crippen LogP contribution in [-0.2, 0) is 22.3 Å². The number of anilines is 1. The Morgan fingerprint density at radius 2 is 2.09 bits per heavy atom. The molecule has 3 rings (SSSR count). The molecule has 2 heterocycles. The van der Waals surface area contributed by atoms with E-state index in [0.29, 0.717) is 43.6 Å². The molecule has 186 valence electrons. The van der Waals surface area contributed by atoms with Gasteiger partial charge in [-0.1, -0.05) is 0 Å². The highest BCUT2D eigenvalue weighted by atomic mass is 19.4. The van der Waals surface area contributed by atoms with Gasteiger partial charge in [-0.3, -0.25) is 4.79 Å². The van der Waals surface area contributed by atoms with Gasteiger partial charge in [0.25, 0.3) is 0 Å². The van der Waals surface area contributed by atoms with E-state index in [1.165, 1.54) is 6.92 Å². The Morgan fingerprint density at radius 3 is 2.74 bits per heavy atom. The van der Waals surface area contributed by atoms with Crippen molar-refractivity contribution >= 4 is 11.8 Å². The molecule has 0 saturated carbocycles. The number of nitrogens with zero attached hydrogens (tertiary/aromatic N) is 3. The minimum atomic E-state index is -4.56. The molecule has 8 nitrogen and oxygen atoms in total. The number of hydrogen-bond donors (Lipinski definition) is 3. The molecule has 2 aromatic rings. The number of alkyl halides is 3. The third-order valence-electron chi connectivity index (χ3n) is 5.77. The summed E-state index contributed by atoms with van der Waals surface area (Å²) in [6, 6.07) is 3.36. The number of halogens is 3. The number of aryl methyl sites for hydroxylation is 1. The lowest BCUT2D eigenvalue weighted by atomic mass is 9.99. The van der Waals surface area contributed by atoms with Crippen molar-refractivity contribution in [1.82, 2.24) is 15.1 Å². The van der Waals surface area contributed by atoms with Crippen molar-refractivity contribution in [3.05, 3.63) is 34.9 Å². The van der Waals surface area contributed by atoms with E-state index >= 15 is 0 Å². The zero-order valence-electron chi connectivity index (χ0n) is 19.3. The molecule has 1 unspecified atom stereocenters. The van der Waals surface area contributed by atoms with Crippen LogP contribution in [0.15, 0.2) is 18.2 Å². The molecule has 11 heteroatoms. The molecule has 0 aliphatic carbocycles. The minimum Gasteiger partial charge on any atom is -0.507 e. The van der Waals surface area contributed by atoms with Crippen molar-refractivity contribution in [2.24, 2.45) is 5.73 Å². The number of carbonyl (C=O) groups is 1. The monoisotopic (exact) mass is 481 g/mol. The molecule has 1 saturated heterocycles. The molecule has 0 radical (unpaired) electrons. The molecule has 0 bridgehead atoms. The number of nitrogens with one attached hydrogen (secondary N) is 1. The number of phenolic OH excluding ortho intramolecular Hbond substituents is 1. The van der Waals surface area contributed by atoms with Crippen molar-refractivity contribution in [2.45, 2.75) is 51.9 Å². The number of aromatic hydroxyl groups is 1. The molecule has 4 N–H and O–H groups in total. The zero-order chi connectivity index (χ0) is 24.9. The molecule has 1 aliphatic heterocycles. The fourth-order valence-corrected chi connectivity index (χ4v) is 4.15. The standard InChI is InChI=1S/C23H30F3N5O3/c1-3-34-20(33)6-8-31-7-4-5-17(13-31)28-22-15(12-27)10-18(29-30-22)21-14(2)9-16(11-19(21)32)23(24,25)26/h9-11,17,32H,3-8,12-13,27H2,1-2H3,(H,28,30). The Hall–Kier alpha value is -2.92. The van der Waals surface area contributed by atoms with Crippen LogP contribution in [-0.4, -0.2) is 58.5 Å². The molecule has 1 atom stereocenters. The van der Waals surface area contributed by atoms with Crippen LogP contribution in [0.2, 0.25) is 0 Å². The molecule has 34 heavy (non-hydrogen) atoms. The van der Waals surface area contributed by atoms with Crippen LogP contribution in [0, 0.1) is 6.92 Å². The fraction of sp³-hybridized carbons (Fsp3) is 0.522. The first kappa shape index (κ1) is 25.7. The molecular weight excluding hydrogens is 451 g/mol. The summed E-state index contributed by atoms with van der Waals surface area (Å²) in [5.41, 5.74) is 6.28. The first-order valence-corrected chi connectivity index (χ1v) is 11.2. The van der Waals surface area contributed by atoms with E-state index < -0.39 is 17.5 Å². The van der Waals surface area contributed by atoms with Gasteiger partial charge < -0.3 is 25.8 Å².